The van der Waals surface area contributed by atoms with Crippen molar-refractivity contribution in [1.82, 2.24) is 14.3 Å². The second-order valence-corrected chi connectivity index (χ2v) is 7.15. The highest BCUT2D eigenvalue weighted by molar-refractivity contribution is 7.89. The molecule has 1 unspecified atom stereocenters. The van der Waals surface area contributed by atoms with Crippen LogP contribution in [0.15, 0.2) is 12.4 Å². The third-order valence-electron chi connectivity index (χ3n) is 3.24. The molecule has 1 saturated heterocycles. The number of aromatic nitrogens is 2. The maximum atomic E-state index is 11.8. The fourth-order valence-electron chi connectivity index (χ4n) is 2.04. The molecule has 1 aromatic heterocycles. The highest BCUT2D eigenvalue weighted by Gasteiger charge is 2.31. The van der Waals surface area contributed by atoms with Gasteiger partial charge in [0.05, 0.1) is 12.3 Å². The number of ether oxygens (including phenoxy) is 1. The van der Waals surface area contributed by atoms with Crippen LogP contribution in [0, 0.1) is 0 Å². The summed E-state index contributed by atoms with van der Waals surface area (Å²) < 4.78 is 30.8. The Morgan fingerprint density at radius 3 is 2.85 bits per heavy atom. The van der Waals surface area contributed by atoms with Crippen LogP contribution in [0.3, 0.4) is 0 Å². The van der Waals surface area contributed by atoms with E-state index < -0.39 is 10.0 Å². The number of rotatable bonds is 5. The summed E-state index contributed by atoms with van der Waals surface area (Å²) in [6.45, 7) is 2.54. The first-order valence-electron chi connectivity index (χ1n) is 6.56. The second kappa shape index (κ2) is 5.92. The van der Waals surface area contributed by atoms with Crippen LogP contribution in [0.5, 0.6) is 5.88 Å². The van der Waals surface area contributed by atoms with Crippen molar-refractivity contribution in [3.05, 3.63) is 12.4 Å². The average Bonchev–Trinajstić information content (AvgIpc) is 2.88. The number of anilines is 1. The van der Waals surface area contributed by atoms with Crippen molar-refractivity contribution in [2.75, 3.05) is 37.8 Å². The zero-order valence-corrected chi connectivity index (χ0v) is 12.8. The van der Waals surface area contributed by atoms with Gasteiger partial charge >= 0.3 is 0 Å². The van der Waals surface area contributed by atoms with Gasteiger partial charge in [-0.3, -0.25) is 0 Å². The van der Waals surface area contributed by atoms with E-state index in [0.717, 1.165) is 5.82 Å². The van der Waals surface area contributed by atoms with E-state index in [-0.39, 0.29) is 11.9 Å². The normalized spacial score (nSPS) is 20.1. The molecule has 1 aliphatic rings. The maximum absolute atomic E-state index is 11.8. The van der Waals surface area contributed by atoms with Gasteiger partial charge < -0.3 is 9.64 Å². The van der Waals surface area contributed by atoms with Crippen LogP contribution in [-0.2, 0) is 10.0 Å². The molecule has 0 amide bonds. The Kier molecular flexibility index (Phi) is 4.44. The van der Waals surface area contributed by atoms with Crippen molar-refractivity contribution < 1.29 is 13.2 Å². The molecule has 0 bridgehead atoms. The van der Waals surface area contributed by atoms with Crippen molar-refractivity contribution >= 4 is 15.8 Å². The summed E-state index contributed by atoms with van der Waals surface area (Å²) in [6, 6.07) is 1.75. The van der Waals surface area contributed by atoms with Gasteiger partial charge in [-0.05, 0) is 13.3 Å². The average molecular weight is 300 g/mol. The molecule has 7 nitrogen and oxygen atoms in total. The molecule has 0 radical (unpaired) electrons. The molecule has 8 heteroatoms. The third kappa shape index (κ3) is 3.37. The highest BCUT2D eigenvalue weighted by Crippen LogP contribution is 2.20. The van der Waals surface area contributed by atoms with Crippen molar-refractivity contribution in [2.24, 2.45) is 0 Å². The van der Waals surface area contributed by atoms with Gasteiger partial charge in [-0.25, -0.2) is 18.4 Å². The molecule has 2 heterocycles. The van der Waals surface area contributed by atoms with Gasteiger partial charge in [0.1, 0.15) is 18.2 Å². The van der Waals surface area contributed by atoms with Crippen molar-refractivity contribution in [2.45, 2.75) is 19.4 Å². The Balaban J connectivity index is 2.00. The number of hydrogen-bond donors (Lipinski definition) is 0. The topological polar surface area (TPSA) is 75.6 Å². The molecule has 1 atom stereocenters. The van der Waals surface area contributed by atoms with Gasteiger partial charge in [0.2, 0.25) is 15.9 Å². The monoisotopic (exact) mass is 300 g/mol. The van der Waals surface area contributed by atoms with E-state index in [0.29, 0.717) is 25.4 Å². The summed E-state index contributed by atoms with van der Waals surface area (Å²) in [4.78, 5) is 10.0. The number of nitrogens with zero attached hydrogens (tertiary/aromatic N) is 4. The van der Waals surface area contributed by atoms with Gasteiger partial charge in [-0.1, -0.05) is 0 Å². The van der Waals surface area contributed by atoms with E-state index >= 15 is 0 Å². The molecule has 20 heavy (non-hydrogen) atoms. The fraction of sp³-hybridized carbons (Fsp3) is 0.667. The molecule has 1 fully saturated rings. The van der Waals surface area contributed by atoms with E-state index in [1.165, 1.54) is 10.6 Å². The molecule has 112 valence electrons. The van der Waals surface area contributed by atoms with Crippen LogP contribution in [0.4, 0.5) is 5.82 Å². The lowest BCUT2D eigenvalue weighted by atomic mass is 10.3. The quantitative estimate of drug-likeness (QED) is 0.781. The van der Waals surface area contributed by atoms with Gasteiger partial charge in [0, 0.05) is 26.7 Å². The lowest BCUT2D eigenvalue weighted by molar-refractivity contribution is 0.206. The first-order chi connectivity index (χ1) is 9.42. The SMILES string of the molecule is CCS(=O)(=O)N1CCC(Oc2cc(N(C)C)ncn2)C1. The number of sulfonamides is 1. The van der Waals surface area contributed by atoms with Crippen molar-refractivity contribution in [3.8, 4) is 5.88 Å². The van der Waals surface area contributed by atoms with Crippen LogP contribution in [0.1, 0.15) is 13.3 Å². The molecular formula is C12H20N4O3S. The largest absolute Gasteiger partial charge is 0.473 e. The molecule has 0 saturated carbocycles. The van der Waals surface area contributed by atoms with Crippen LogP contribution >= 0.6 is 0 Å². The summed E-state index contributed by atoms with van der Waals surface area (Å²) in [7, 11) is 0.640. The Morgan fingerprint density at radius 1 is 1.45 bits per heavy atom. The molecule has 2 rings (SSSR count). The van der Waals surface area contributed by atoms with E-state index in [2.05, 4.69) is 9.97 Å². The Labute approximate surface area is 119 Å². The summed E-state index contributed by atoms with van der Waals surface area (Å²) >= 11 is 0. The first-order valence-corrected chi connectivity index (χ1v) is 8.17. The second-order valence-electron chi connectivity index (χ2n) is 4.90. The summed E-state index contributed by atoms with van der Waals surface area (Å²) in [5, 5.41) is 0. The summed E-state index contributed by atoms with van der Waals surface area (Å²) in [5.41, 5.74) is 0. The fourth-order valence-corrected chi connectivity index (χ4v) is 3.18. The van der Waals surface area contributed by atoms with Crippen LogP contribution < -0.4 is 9.64 Å². The minimum atomic E-state index is -3.13. The van der Waals surface area contributed by atoms with E-state index in [1.807, 2.05) is 19.0 Å². The highest BCUT2D eigenvalue weighted by atomic mass is 32.2. The zero-order chi connectivity index (χ0) is 14.8. The van der Waals surface area contributed by atoms with E-state index in [1.54, 1.807) is 13.0 Å². The molecule has 0 N–H and O–H groups in total. The Hall–Kier alpha value is -1.41. The predicted octanol–water partition coefficient (Wildman–Crippen LogP) is 0.345. The minimum Gasteiger partial charge on any atom is -0.473 e. The smallest absolute Gasteiger partial charge is 0.218 e. The molecule has 0 aromatic carbocycles. The van der Waals surface area contributed by atoms with Crippen molar-refractivity contribution in [3.63, 3.8) is 0 Å². The Bertz CT molecular complexity index is 562. The minimum absolute atomic E-state index is 0.123. The van der Waals surface area contributed by atoms with Gasteiger partial charge in [0.25, 0.3) is 0 Å². The van der Waals surface area contributed by atoms with Gasteiger partial charge in [0.15, 0.2) is 0 Å². The number of hydrogen-bond acceptors (Lipinski definition) is 6. The standard InChI is InChI=1S/C12H20N4O3S/c1-4-20(17,18)16-6-5-10(8-16)19-12-7-11(15(2)3)13-9-14-12/h7,9-10H,4-6,8H2,1-3H3. The van der Waals surface area contributed by atoms with Gasteiger partial charge in [-0.15, -0.1) is 0 Å². The summed E-state index contributed by atoms with van der Waals surface area (Å²) in [6.07, 6.45) is 1.97. The van der Waals surface area contributed by atoms with Gasteiger partial charge in [-0.2, -0.15) is 4.31 Å². The molecule has 1 aromatic rings. The van der Waals surface area contributed by atoms with Crippen LogP contribution in [0.25, 0.3) is 0 Å². The molecule has 0 spiro atoms. The van der Waals surface area contributed by atoms with Crippen LogP contribution in [0.2, 0.25) is 0 Å². The molecular weight excluding hydrogens is 280 g/mol. The molecule has 1 aliphatic heterocycles. The molecule has 0 aliphatic carbocycles. The van der Waals surface area contributed by atoms with E-state index in [4.69, 9.17) is 4.74 Å². The predicted molar refractivity (Wildman–Crippen MR) is 76.4 cm³/mol. The van der Waals surface area contributed by atoms with Crippen LogP contribution in [-0.4, -0.2) is 61.7 Å². The Morgan fingerprint density at radius 2 is 2.20 bits per heavy atom. The zero-order valence-electron chi connectivity index (χ0n) is 12.0. The van der Waals surface area contributed by atoms with Crippen molar-refractivity contribution in [1.29, 1.82) is 0 Å². The third-order valence-corrected chi connectivity index (χ3v) is 5.09. The first kappa shape index (κ1) is 15.0. The summed E-state index contributed by atoms with van der Waals surface area (Å²) in [5.74, 6) is 1.35. The lowest BCUT2D eigenvalue weighted by Gasteiger charge is -2.16. The van der Waals surface area contributed by atoms with E-state index in [9.17, 15) is 8.42 Å². The maximum Gasteiger partial charge on any atom is 0.218 e. The lowest BCUT2D eigenvalue weighted by Crippen LogP contribution is -2.32.